The van der Waals surface area contributed by atoms with Gasteiger partial charge in [0.1, 0.15) is 5.76 Å². The maximum absolute atomic E-state index is 5.88. The first-order chi connectivity index (χ1) is 8.20. The third kappa shape index (κ3) is 3.26. The van der Waals surface area contributed by atoms with E-state index in [9.17, 15) is 0 Å². The van der Waals surface area contributed by atoms with E-state index in [1.807, 2.05) is 0 Å². The molecule has 0 radical (unpaired) electrons. The zero-order valence-corrected chi connectivity index (χ0v) is 12.7. The highest BCUT2D eigenvalue weighted by Crippen LogP contribution is 2.34. The number of halogens is 1. The summed E-state index contributed by atoms with van der Waals surface area (Å²) in [7, 11) is 0. The lowest BCUT2D eigenvalue weighted by molar-refractivity contribution is 0.267. The third-order valence-corrected chi connectivity index (χ3v) is 4.60. The normalized spacial score (nSPS) is 25.0. The second-order valence-corrected chi connectivity index (χ2v) is 5.72. The van der Waals surface area contributed by atoms with Crippen LogP contribution in [0.4, 0.5) is 0 Å². The van der Waals surface area contributed by atoms with Gasteiger partial charge in [-0.05, 0) is 67.7 Å². The Morgan fingerprint density at radius 3 is 3.00 bits per heavy atom. The highest BCUT2D eigenvalue weighted by Gasteiger charge is 2.20. The Kier molecular flexibility index (Phi) is 4.52. The third-order valence-electron chi connectivity index (χ3n) is 3.53. The van der Waals surface area contributed by atoms with Gasteiger partial charge in [-0.2, -0.15) is 0 Å². The summed E-state index contributed by atoms with van der Waals surface area (Å²) in [5, 5.41) is 0. The van der Waals surface area contributed by atoms with Gasteiger partial charge in [-0.25, -0.2) is 0 Å². The molecular formula is C15H19IO. The molecule has 1 aliphatic carbocycles. The van der Waals surface area contributed by atoms with E-state index in [-0.39, 0.29) is 0 Å². The van der Waals surface area contributed by atoms with Crippen LogP contribution in [0.1, 0.15) is 46.0 Å². The number of hydrogen-bond acceptors (Lipinski definition) is 1. The van der Waals surface area contributed by atoms with Gasteiger partial charge < -0.3 is 4.74 Å². The van der Waals surface area contributed by atoms with Gasteiger partial charge in [0.2, 0.25) is 0 Å². The highest BCUT2D eigenvalue weighted by molar-refractivity contribution is 14.1. The average molecular weight is 342 g/mol. The Labute approximate surface area is 117 Å². The fraction of sp³-hybridized carbons (Fsp3) is 0.533. The molecule has 0 amide bonds. The molecule has 0 saturated heterocycles. The van der Waals surface area contributed by atoms with Crippen LogP contribution in [0.3, 0.4) is 0 Å². The first kappa shape index (κ1) is 13.0. The van der Waals surface area contributed by atoms with Crippen molar-refractivity contribution < 1.29 is 4.74 Å². The first-order valence-electron chi connectivity index (χ1n) is 6.39. The van der Waals surface area contributed by atoms with Gasteiger partial charge in [0.05, 0.1) is 0 Å². The van der Waals surface area contributed by atoms with Crippen LogP contribution in [-0.4, -0.2) is 0 Å². The predicted molar refractivity (Wildman–Crippen MR) is 79.7 cm³/mol. The molecule has 1 atom stereocenters. The lowest BCUT2D eigenvalue weighted by Gasteiger charge is -2.19. The predicted octanol–water partition coefficient (Wildman–Crippen LogP) is 5.25. The Morgan fingerprint density at radius 2 is 2.29 bits per heavy atom. The number of ether oxygens (including phenoxy) is 1. The maximum Gasteiger partial charge on any atom is 0.168 e. The van der Waals surface area contributed by atoms with E-state index in [0.29, 0.717) is 5.92 Å². The largest absolute Gasteiger partial charge is 0.447 e. The molecule has 1 aliphatic heterocycles. The van der Waals surface area contributed by atoms with Crippen LogP contribution in [0.2, 0.25) is 0 Å². The number of rotatable bonds is 2. The summed E-state index contributed by atoms with van der Waals surface area (Å²) in [6.45, 7) is 4.31. The minimum atomic E-state index is 0.546. The Hall–Kier alpha value is -0.470. The smallest absolute Gasteiger partial charge is 0.168 e. The molecule has 1 unspecified atom stereocenters. The molecule has 17 heavy (non-hydrogen) atoms. The van der Waals surface area contributed by atoms with Gasteiger partial charge in [-0.3, -0.25) is 0 Å². The Morgan fingerprint density at radius 1 is 1.47 bits per heavy atom. The van der Waals surface area contributed by atoms with Gasteiger partial charge in [0.25, 0.3) is 0 Å². The van der Waals surface area contributed by atoms with Crippen molar-refractivity contribution in [3.63, 3.8) is 0 Å². The Balaban J connectivity index is 2.05. The minimum absolute atomic E-state index is 0.546. The van der Waals surface area contributed by atoms with Crippen molar-refractivity contribution in [1.29, 1.82) is 0 Å². The summed E-state index contributed by atoms with van der Waals surface area (Å²) in [5.41, 5.74) is 6.10. The van der Waals surface area contributed by atoms with Gasteiger partial charge in [0.15, 0.2) is 3.77 Å². The molecule has 92 valence electrons. The van der Waals surface area contributed by atoms with E-state index in [0.717, 1.165) is 9.53 Å². The monoisotopic (exact) mass is 342 g/mol. The lowest BCUT2D eigenvalue weighted by Crippen LogP contribution is -2.07. The van der Waals surface area contributed by atoms with Crippen LogP contribution in [0.15, 0.2) is 38.6 Å². The van der Waals surface area contributed by atoms with Crippen molar-refractivity contribution in [1.82, 2.24) is 0 Å². The molecule has 2 rings (SSSR count). The first-order valence-corrected chi connectivity index (χ1v) is 7.47. The number of hydrogen-bond donors (Lipinski definition) is 0. The molecule has 0 fully saturated rings. The zero-order valence-electron chi connectivity index (χ0n) is 10.6. The highest BCUT2D eigenvalue weighted by atomic mass is 127. The second-order valence-electron chi connectivity index (χ2n) is 4.74. The summed E-state index contributed by atoms with van der Waals surface area (Å²) in [6.07, 6.45) is 10.5. The Bertz CT molecular complexity index is 422. The standard InChI is InChI=1S/C15H19IO/c1-3-12-5-4-6-13(9-8-12)14-10-7-11(2)15(16)17-14/h5,7,13H,3-4,6,8-9H2,1-2H3. The summed E-state index contributed by atoms with van der Waals surface area (Å²) in [6, 6.07) is 0. The summed E-state index contributed by atoms with van der Waals surface area (Å²) < 4.78 is 6.88. The molecular weight excluding hydrogens is 323 g/mol. The van der Waals surface area contributed by atoms with E-state index >= 15 is 0 Å². The van der Waals surface area contributed by atoms with Crippen molar-refractivity contribution in [2.24, 2.45) is 5.92 Å². The average Bonchev–Trinajstić information content (AvgIpc) is 2.58. The number of allylic oxidation sites excluding steroid dienone is 4. The van der Waals surface area contributed by atoms with Crippen LogP contribution in [0.25, 0.3) is 0 Å². The van der Waals surface area contributed by atoms with Crippen molar-refractivity contribution in [3.05, 3.63) is 38.6 Å². The van der Waals surface area contributed by atoms with Crippen molar-refractivity contribution in [2.45, 2.75) is 46.0 Å². The van der Waals surface area contributed by atoms with Gasteiger partial charge in [0, 0.05) is 11.5 Å². The molecule has 0 spiro atoms. The molecule has 0 N–H and O–H groups in total. The molecule has 0 aromatic rings. The summed E-state index contributed by atoms with van der Waals surface area (Å²) >= 11 is 2.27. The van der Waals surface area contributed by atoms with Gasteiger partial charge in [-0.15, -0.1) is 0 Å². The fourth-order valence-electron chi connectivity index (χ4n) is 2.32. The quantitative estimate of drug-likeness (QED) is 0.378. The van der Waals surface area contributed by atoms with Crippen LogP contribution < -0.4 is 0 Å². The molecule has 0 aromatic carbocycles. The summed E-state index contributed by atoms with van der Waals surface area (Å²) in [5.74, 6) is 1.59. The molecule has 2 aliphatic rings. The van der Waals surface area contributed by atoms with E-state index < -0.39 is 0 Å². The van der Waals surface area contributed by atoms with Crippen molar-refractivity contribution >= 4 is 22.6 Å². The van der Waals surface area contributed by atoms with Crippen molar-refractivity contribution in [2.75, 3.05) is 0 Å². The van der Waals surface area contributed by atoms with E-state index in [1.54, 1.807) is 5.57 Å². The lowest BCUT2D eigenvalue weighted by atomic mass is 9.96. The second kappa shape index (κ2) is 5.92. The van der Waals surface area contributed by atoms with Crippen LogP contribution >= 0.6 is 22.6 Å². The SMILES string of the molecule is CCC1=CCCC(C2=C=CC(C)=C(I)O2)CC1. The molecule has 1 nitrogen and oxygen atoms in total. The van der Waals surface area contributed by atoms with Crippen molar-refractivity contribution in [3.8, 4) is 0 Å². The molecule has 0 saturated carbocycles. The van der Waals surface area contributed by atoms with Gasteiger partial charge >= 0.3 is 0 Å². The molecule has 2 heteroatoms. The zero-order chi connectivity index (χ0) is 12.3. The maximum atomic E-state index is 5.88. The minimum Gasteiger partial charge on any atom is -0.447 e. The van der Waals surface area contributed by atoms with E-state index in [1.165, 1.54) is 37.7 Å². The van der Waals surface area contributed by atoms with Crippen LogP contribution in [-0.2, 0) is 4.74 Å². The van der Waals surface area contributed by atoms with Gasteiger partial charge in [-0.1, -0.05) is 24.3 Å². The van der Waals surface area contributed by atoms with E-state index in [4.69, 9.17) is 4.74 Å². The van der Waals surface area contributed by atoms with Crippen LogP contribution in [0.5, 0.6) is 0 Å². The fourth-order valence-corrected chi connectivity index (χ4v) is 2.71. The topological polar surface area (TPSA) is 9.23 Å². The molecule has 0 bridgehead atoms. The van der Waals surface area contributed by atoms with Crippen LogP contribution in [0, 0.1) is 5.92 Å². The van der Waals surface area contributed by atoms with E-state index in [2.05, 4.69) is 54.3 Å². The molecule has 0 aromatic heterocycles. The molecule has 1 heterocycles. The summed E-state index contributed by atoms with van der Waals surface area (Å²) in [4.78, 5) is 0.